The highest BCUT2D eigenvalue weighted by Crippen LogP contribution is 2.13. The highest BCUT2D eigenvalue weighted by Gasteiger charge is 2.10. The Morgan fingerprint density at radius 2 is 1.82 bits per heavy atom. The molecule has 0 fully saturated rings. The number of hydrogen-bond acceptors (Lipinski definition) is 2. The summed E-state index contributed by atoms with van der Waals surface area (Å²) in [6.07, 6.45) is 1.02. The van der Waals surface area contributed by atoms with Gasteiger partial charge in [0, 0.05) is 5.57 Å². The minimum atomic E-state index is -0.731. The molecular formula is C7H6Cl2O2. The van der Waals surface area contributed by atoms with Crippen LogP contribution in [-0.2, 0) is 9.59 Å². The van der Waals surface area contributed by atoms with Gasteiger partial charge < -0.3 is 0 Å². The van der Waals surface area contributed by atoms with Gasteiger partial charge in [-0.1, -0.05) is 18.2 Å². The average Bonchev–Trinajstić information content (AvgIpc) is 2.00. The second-order valence-electron chi connectivity index (χ2n) is 1.78. The Kier molecular flexibility index (Phi) is 4.08. The maximum absolute atomic E-state index is 10.7. The van der Waals surface area contributed by atoms with Crippen molar-refractivity contribution in [3.05, 3.63) is 23.3 Å². The Bertz CT molecular complexity index is 241. The van der Waals surface area contributed by atoms with E-state index in [-0.39, 0.29) is 10.6 Å². The monoisotopic (exact) mass is 192 g/mol. The van der Waals surface area contributed by atoms with Crippen LogP contribution in [-0.4, -0.2) is 11.0 Å². The molecule has 0 amide bonds. The predicted molar refractivity (Wildman–Crippen MR) is 44.6 cm³/mol. The Morgan fingerprint density at radius 1 is 1.36 bits per heavy atom. The molecule has 0 aliphatic heterocycles. The number of allylic oxidation sites excluding steroid dienone is 3. The molecule has 0 radical (unpaired) electrons. The van der Waals surface area contributed by atoms with Crippen molar-refractivity contribution < 1.29 is 9.59 Å². The highest BCUT2D eigenvalue weighted by atomic mass is 35.5. The fourth-order valence-electron chi connectivity index (χ4n) is 0.361. The molecule has 2 nitrogen and oxygen atoms in total. The van der Waals surface area contributed by atoms with E-state index >= 15 is 0 Å². The zero-order valence-electron chi connectivity index (χ0n) is 5.86. The van der Waals surface area contributed by atoms with Crippen molar-refractivity contribution in [3.63, 3.8) is 0 Å². The normalized spacial score (nSPS) is 11.9. The van der Waals surface area contributed by atoms with Crippen LogP contribution in [0.3, 0.4) is 0 Å². The van der Waals surface area contributed by atoms with E-state index in [2.05, 4.69) is 6.58 Å². The van der Waals surface area contributed by atoms with Crippen molar-refractivity contribution in [2.24, 2.45) is 0 Å². The smallest absolute Gasteiger partial charge is 0.249 e. The van der Waals surface area contributed by atoms with Gasteiger partial charge in [-0.25, -0.2) is 0 Å². The molecule has 0 saturated carbocycles. The van der Waals surface area contributed by atoms with E-state index in [0.717, 1.165) is 6.08 Å². The first-order valence-electron chi connectivity index (χ1n) is 2.73. The molecule has 0 heterocycles. The van der Waals surface area contributed by atoms with Crippen LogP contribution >= 0.6 is 23.2 Å². The van der Waals surface area contributed by atoms with Crippen molar-refractivity contribution in [2.75, 3.05) is 0 Å². The second kappa shape index (κ2) is 4.31. The van der Waals surface area contributed by atoms with Gasteiger partial charge in [0.15, 0.2) is 5.78 Å². The van der Waals surface area contributed by atoms with E-state index in [1.165, 1.54) is 6.92 Å². The van der Waals surface area contributed by atoms with Crippen LogP contribution in [0.4, 0.5) is 0 Å². The Morgan fingerprint density at radius 3 is 2.09 bits per heavy atom. The third kappa shape index (κ3) is 2.87. The Labute approximate surface area is 74.5 Å². The molecule has 0 rings (SSSR count). The first-order valence-corrected chi connectivity index (χ1v) is 3.49. The van der Waals surface area contributed by atoms with Gasteiger partial charge in [-0.05, 0) is 24.6 Å². The summed E-state index contributed by atoms with van der Waals surface area (Å²) in [5.74, 6) is -0.502. The van der Waals surface area contributed by atoms with Crippen LogP contribution in [0.1, 0.15) is 6.92 Å². The number of ketones is 1. The lowest BCUT2D eigenvalue weighted by molar-refractivity contribution is -0.112. The van der Waals surface area contributed by atoms with Gasteiger partial charge in [0.2, 0.25) is 5.24 Å². The molecule has 11 heavy (non-hydrogen) atoms. The van der Waals surface area contributed by atoms with Crippen LogP contribution < -0.4 is 0 Å². The maximum atomic E-state index is 10.7. The van der Waals surface area contributed by atoms with E-state index in [1.54, 1.807) is 0 Å². The molecular weight excluding hydrogens is 187 g/mol. The third-order valence-electron chi connectivity index (χ3n) is 1.03. The average molecular weight is 193 g/mol. The van der Waals surface area contributed by atoms with E-state index < -0.39 is 11.0 Å². The summed E-state index contributed by atoms with van der Waals surface area (Å²) in [5.41, 5.74) is 0.0400. The molecule has 0 aromatic heterocycles. The number of carbonyl (C=O) groups is 2. The molecule has 0 aliphatic carbocycles. The predicted octanol–water partition coefficient (Wildman–Crippen LogP) is 2.02. The van der Waals surface area contributed by atoms with Gasteiger partial charge >= 0.3 is 0 Å². The van der Waals surface area contributed by atoms with Gasteiger partial charge in [-0.3, -0.25) is 9.59 Å². The summed E-state index contributed by atoms with van der Waals surface area (Å²) in [5, 5.41) is -0.912. The zero-order chi connectivity index (χ0) is 9.02. The fraction of sp³-hybridized carbons (Fsp3) is 0.143. The van der Waals surface area contributed by atoms with Gasteiger partial charge in [-0.15, -0.1) is 0 Å². The summed E-state index contributed by atoms with van der Waals surface area (Å²) in [7, 11) is 0. The largest absolute Gasteiger partial charge is 0.288 e. The zero-order valence-corrected chi connectivity index (χ0v) is 7.37. The summed E-state index contributed by atoms with van der Waals surface area (Å²) in [6, 6.07) is 0. The lowest BCUT2D eigenvalue weighted by Crippen LogP contribution is -1.99. The summed E-state index contributed by atoms with van der Waals surface area (Å²) >= 11 is 10.5. The number of rotatable bonds is 3. The van der Waals surface area contributed by atoms with Crippen molar-refractivity contribution >= 4 is 34.2 Å². The van der Waals surface area contributed by atoms with Gasteiger partial charge in [0.25, 0.3) is 0 Å². The van der Waals surface area contributed by atoms with Gasteiger partial charge in [0.05, 0.1) is 5.03 Å². The standard InChI is InChI=1S/C7H6Cl2O2/c1-3-5(10)6(8)4(2)7(9)11/h3H,1H2,2H3. The fourth-order valence-corrected chi connectivity index (χ4v) is 0.667. The number of halogens is 2. The molecule has 4 heteroatoms. The minimum absolute atomic E-state index is 0.0400. The SMILES string of the molecule is C=CC(=O)C(Cl)=C(C)C(=O)Cl. The van der Waals surface area contributed by atoms with E-state index in [1.807, 2.05) is 0 Å². The van der Waals surface area contributed by atoms with Crippen molar-refractivity contribution in [1.29, 1.82) is 0 Å². The maximum Gasteiger partial charge on any atom is 0.249 e. The van der Waals surface area contributed by atoms with E-state index in [9.17, 15) is 9.59 Å². The number of hydrogen-bond donors (Lipinski definition) is 0. The Balaban J connectivity index is 4.80. The molecule has 0 aromatic rings. The van der Waals surface area contributed by atoms with Crippen LogP contribution in [0.15, 0.2) is 23.3 Å². The highest BCUT2D eigenvalue weighted by molar-refractivity contribution is 6.69. The lowest BCUT2D eigenvalue weighted by Gasteiger charge is -1.94. The summed E-state index contributed by atoms with van der Waals surface area (Å²) < 4.78 is 0. The second-order valence-corrected chi connectivity index (χ2v) is 2.50. The van der Waals surface area contributed by atoms with Crippen LogP contribution in [0.5, 0.6) is 0 Å². The molecule has 0 aliphatic rings. The summed E-state index contributed by atoms with van der Waals surface area (Å²) in [4.78, 5) is 21.2. The topological polar surface area (TPSA) is 34.1 Å². The quantitative estimate of drug-likeness (QED) is 0.507. The molecule has 0 bridgehead atoms. The molecule has 0 spiro atoms. The van der Waals surface area contributed by atoms with Gasteiger partial charge in [-0.2, -0.15) is 0 Å². The lowest BCUT2D eigenvalue weighted by atomic mass is 10.2. The molecule has 0 N–H and O–H groups in total. The van der Waals surface area contributed by atoms with E-state index in [4.69, 9.17) is 23.2 Å². The van der Waals surface area contributed by atoms with Crippen molar-refractivity contribution in [1.82, 2.24) is 0 Å². The molecule has 60 valence electrons. The Hall–Kier alpha value is -0.600. The first kappa shape index (κ1) is 10.4. The van der Waals surface area contributed by atoms with Crippen LogP contribution in [0, 0.1) is 0 Å². The molecule has 0 atom stereocenters. The number of carbonyl (C=O) groups excluding carboxylic acids is 2. The van der Waals surface area contributed by atoms with Crippen LogP contribution in [0.25, 0.3) is 0 Å². The minimum Gasteiger partial charge on any atom is -0.288 e. The molecule has 0 saturated heterocycles. The summed E-state index contributed by atoms with van der Waals surface area (Å²) in [6.45, 7) is 4.57. The first-order chi connectivity index (χ1) is 5.00. The van der Waals surface area contributed by atoms with E-state index in [0.29, 0.717) is 0 Å². The van der Waals surface area contributed by atoms with Crippen LogP contribution in [0.2, 0.25) is 0 Å². The third-order valence-corrected chi connectivity index (χ3v) is 1.78. The van der Waals surface area contributed by atoms with Crippen molar-refractivity contribution in [2.45, 2.75) is 6.92 Å². The molecule has 0 unspecified atom stereocenters. The van der Waals surface area contributed by atoms with Crippen molar-refractivity contribution in [3.8, 4) is 0 Å². The molecule has 0 aromatic carbocycles. The van der Waals surface area contributed by atoms with Gasteiger partial charge in [0.1, 0.15) is 0 Å².